The van der Waals surface area contributed by atoms with Gasteiger partial charge < -0.3 is 19.6 Å². The third-order valence-electron chi connectivity index (χ3n) is 7.61. The van der Waals surface area contributed by atoms with Gasteiger partial charge in [-0.05, 0) is 24.5 Å². The second-order valence-corrected chi connectivity index (χ2v) is 13.1. The number of fused-ring (bicyclic) bond motifs is 1. The zero-order valence-corrected chi connectivity index (χ0v) is 24.0. The number of carbonyl (C=O) groups is 3. The minimum Gasteiger partial charge on any atom is -0.461 e. The third-order valence-corrected chi connectivity index (χ3v) is 11.2. The quantitative estimate of drug-likeness (QED) is 0.244. The zero-order valence-electron chi connectivity index (χ0n) is 20.9. The average Bonchev–Trinajstić information content (AvgIpc) is 3.45. The highest BCUT2D eigenvalue weighted by Gasteiger charge is 2.76. The first kappa shape index (κ1) is 28.2. The lowest BCUT2D eigenvalue weighted by atomic mass is 9.71. The van der Waals surface area contributed by atoms with E-state index in [0.29, 0.717) is 17.1 Å². The molecule has 3 fully saturated rings. The molecule has 3 aliphatic rings. The Morgan fingerprint density at radius 1 is 1.35 bits per heavy atom. The average molecular weight is 612 g/mol. The summed E-state index contributed by atoms with van der Waals surface area (Å²) in [5, 5.41) is 10.6. The minimum atomic E-state index is -0.909. The summed E-state index contributed by atoms with van der Waals surface area (Å²) in [7, 11) is 0. The zero-order chi connectivity index (χ0) is 27.1. The molecule has 2 bridgehead atoms. The molecular formula is C27H32BrClN2O5S. The van der Waals surface area contributed by atoms with Crippen LogP contribution >= 0.6 is 39.3 Å². The summed E-state index contributed by atoms with van der Waals surface area (Å²) >= 11 is 11.8. The lowest BCUT2D eigenvalue weighted by Crippen LogP contribution is -2.59. The number of carbonyl (C=O) groups excluding carboxylic acids is 3. The monoisotopic (exact) mass is 610 g/mol. The van der Waals surface area contributed by atoms with Gasteiger partial charge in [-0.2, -0.15) is 0 Å². The highest BCUT2D eigenvalue weighted by Crippen LogP contribution is 2.68. The molecule has 3 heterocycles. The number of alkyl halides is 1. The molecule has 0 saturated carbocycles. The number of halogens is 2. The Morgan fingerprint density at radius 3 is 2.65 bits per heavy atom. The van der Waals surface area contributed by atoms with Crippen LogP contribution in [0.25, 0.3) is 0 Å². The van der Waals surface area contributed by atoms with E-state index >= 15 is 0 Å². The van der Waals surface area contributed by atoms with Crippen LogP contribution in [0, 0.1) is 17.8 Å². The number of nitrogens with zero attached hydrogens (tertiary/aromatic N) is 2. The van der Waals surface area contributed by atoms with Crippen molar-refractivity contribution >= 4 is 62.8 Å². The number of esters is 1. The van der Waals surface area contributed by atoms with Crippen LogP contribution in [0.3, 0.4) is 0 Å². The van der Waals surface area contributed by atoms with Crippen molar-refractivity contribution in [1.82, 2.24) is 4.90 Å². The number of para-hydroxylation sites is 1. The molecule has 37 heavy (non-hydrogen) atoms. The van der Waals surface area contributed by atoms with Crippen molar-refractivity contribution in [2.24, 2.45) is 17.8 Å². The van der Waals surface area contributed by atoms with Gasteiger partial charge in [-0.1, -0.05) is 72.2 Å². The number of thioether (sulfide) groups is 1. The number of benzene rings is 1. The van der Waals surface area contributed by atoms with Gasteiger partial charge in [0.15, 0.2) is 0 Å². The number of aliphatic hydroxyl groups is 1. The molecule has 1 spiro atoms. The largest absolute Gasteiger partial charge is 0.461 e. The van der Waals surface area contributed by atoms with Gasteiger partial charge >= 0.3 is 5.97 Å². The normalized spacial score (nSPS) is 30.8. The number of amides is 2. The first-order valence-corrected chi connectivity index (χ1v) is 14.5. The highest BCUT2D eigenvalue weighted by molar-refractivity contribution is 9.09. The Balaban J connectivity index is 1.86. The molecule has 1 N–H and O–H groups in total. The van der Waals surface area contributed by atoms with E-state index < -0.39 is 34.6 Å². The van der Waals surface area contributed by atoms with Crippen LogP contribution in [0.4, 0.5) is 5.69 Å². The molecule has 0 radical (unpaired) electrons. The van der Waals surface area contributed by atoms with E-state index in [2.05, 4.69) is 29.1 Å². The lowest BCUT2D eigenvalue weighted by Gasteiger charge is -2.41. The summed E-state index contributed by atoms with van der Waals surface area (Å²) in [5.74, 6) is -2.65. The number of likely N-dealkylation sites (tertiary alicyclic amines) is 1. The van der Waals surface area contributed by atoms with E-state index in [9.17, 15) is 19.5 Å². The van der Waals surface area contributed by atoms with E-state index in [4.69, 9.17) is 16.3 Å². The predicted octanol–water partition coefficient (Wildman–Crippen LogP) is 4.07. The molecule has 3 unspecified atom stereocenters. The molecule has 1 aromatic carbocycles. The predicted molar refractivity (Wildman–Crippen MR) is 150 cm³/mol. The summed E-state index contributed by atoms with van der Waals surface area (Å²) in [5.41, 5.74) is 0.515. The molecular weight excluding hydrogens is 580 g/mol. The van der Waals surface area contributed by atoms with E-state index in [1.807, 2.05) is 13.8 Å². The second kappa shape index (κ2) is 11.1. The summed E-state index contributed by atoms with van der Waals surface area (Å²) in [6.45, 7) is 11.2. The van der Waals surface area contributed by atoms with Crippen LogP contribution in [0.5, 0.6) is 0 Å². The Labute approximate surface area is 235 Å². The van der Waals surface area contributed by atoms with E-state index in [0.717, 1.165) is 0 Å². The molecule has 3 aliphatic heterocycles. The van der Waals surface area contributed by atoms with Crippen molar-refractivity contribution in [2.75, 3.05) is 24.7 Å². The highest BCUT2D eigenvalue weighted by atomic mass is 79.9. The number of hydrogen-bond donors (Lipinski definition) is 1. The third kappa shape index (κ3) is 4.56. The van der Waals surface area contributed by atoms with E-state index in [-0.39, 0.29) is 47.6 Å². The molecule has 0 aliphatic carbocycles. The van der Waals surface area contributed by atoms with Gasteiger partial charge in [-0.15, -0.1) is 18.3 Å². The SMILES string of the molecule is C=CCOC(=O)[C@H]1[C@@H]2SC3(CC2Br)C(C(=O)N(CC=C)c2ccccc2Cl)N([C@@H](CO)C(C)C)C(=O)[C@H]13. The Hall–Kier alpha value is -1.81. The fraction of sp³-hybridized carbons (Fsp3) is 0.519. The fourth-order valence-corrected chi connectivity index (χ4v) is 9.90. The van der Waals surface area contributed by atoms with Crippen molar-refractivity contribution in [3.63, 3.8) is 0 Å². The van der Waals surface area contributed by atoms with Crippen molar-refractivity contribution in [3.05, 3.63) is 54.6 Å². The summed E-state index contributed by atoms with van der Waals surface area (Å²) in [4.78, 5) is 45.0. The minimum absolute atomic E-state index is 0.0462. The van der Waals surface area contributed by atoms with Crippen LogP contribution in [-0.4, -0.2) is 74.5 Å². The van der Waals surface area contributed by atoms with Crippen molar-refractivity contribution in [1.29, 1.82) is 0 Å². The Kier molecular flexibility index (Phi) is 8.48. The molecule has 2 amide bonds. The maximum atomic E-state index is 14.6. The van der Waals surface area contributed by atoms with Gasteiger partial charge in [0.05, 0.1) is 39.9 Å². The van der Waals surface area contributed by atoms with Gasteiger partial charge in [0.25, 0.3) is 5.91 Å². The number of rotatable bonds is 10. The molecule has 0 aromatic heterocycles. The van der Waals surface area contributed by atoms with Crippen LogP contribution in [0.1, 0.15) is 20.3 Å². The van der Waals surface area contributed by atoms with Crippen molar-refractivity contribution in [3.8, 4) is 0 Å². The first-order chi connectivity index (χ1) is 17.6. The molecule has 7 atom stereocenters. The van der Waals surface area contributed by atoms with Crippen LogP contribution in [-0.2, 0) is 19.1 Å². The molecule has 3 saturated heterocycles. The maximum absolute atomic E-state index is 14.6. The van der Waals surface area contributed by atoms with E-state index in [1.54, 1.807) is 40.1 Å². The molecule has 4 rings (SSSR count). The number of hydrogen-bond acceptors (Lipinski definition) is 6. The van der Waals surface area contributed by atoms with Crippen molar-refractivity contribution in [2.45, 2.75) is 47.2 Å². The molecule has 10 heteroatoms. The van der Waals surface area contributed by atoms with Gasteiger partial charge in [0.1, 0.15) is 12.6 Å². The van der Waals surface area contributed by atoms with Crippen LogP contribution in [0.15, 0.2) is 49.6 Å². The Morgan fingerprint density at radius 2 is 2.05 bits per heavy atom. The van der Waals surface area contributed by atoms with Crippen LogP contribution < -0.4 is 4.90 Å². The number of anilines is 1. The van der Waals surface area contributed by atoms with Gasteiger partial charge in [-0.3, -0.25) is 14.4 Å². The molecule has 200 valence electrons. The van der Waals surface area contributed by atoms with Gasteiger partial charge in [0.2, 0.25) is 5.91 Å². The summed E-state index contributed by atoms with van der Waals surface area (Å²) in [6.07, 6.45) is 3.63. The maximum Gasteiger partial charge on any atom is 0.311 e. The summed E-state index contributed by atoms with van der Waals surface area (Å²) in [6, 6.07) is 5.54. The topological polar surface area (TPSA) is 87.2 Å². The van der Waals surface area contributed by atoms with Gasteiger partial charge in [-0.25, -0.2) is 0 Å². The van der Waals surface area contributed by atoms with Gasteiger partial charge in [0, 0.05) is 16.6 Å². The van der Waals surface area contributed by atoms with E-state index in [1.165, 1.54) is 17.8 Å². The first-order valence-electron chi connectivity index (χ1n) is 12.3. The molecule has 7 nitrogen and oxygen atoms in total. The fourth-order valence-electron chi connectivity index (χ4n) is 6.09. The second-order valence-electron chi connectivity index (χ2n) is 10.0. The van der Waals surface area contributed by atoms with Crippen molar-refractivity contribution < 1.29 is 24.2 Å². The standard InChI is InChI=1S/C27H32BrClN2O5S/c1-5-11-30(18-10-8-7-9-17(18)29)25(34)23-27-13-16(28)22(37-27)20(26(35)36-12-6-2)21(27)24(33)31(23)19(14-32)15(3)4/h5-10,15-16,19-23,32H,1-2,11-14H2,3-4H3/t16?,19-,20+,21-,22+,23?,27?/m0/s1. The number of ether oxygens (including phenoxy) is 1. The summed E-state index contributed by atoms with van der Waals surface area (Å²) < 4.78 is 4.56. The molecule has 1 aromatic rings. The lowest BCUT2D eigenvalue weighted by molar-refractivity contribution is -0.153. The smallest absolute Gasteiger partial charge is 0.311 e. The number of aliphatic hydroxyl groups excluding tert-OH is 1. The van der Waals surface area contributed by atoms with Crippen LogP contribution in [0.2, 0.25) is 5.02 Å². The Bertz CT molecular complexity index is 1100.